The molecule has 1 saturated carbocycles. The van der Waals surface area contributed by atoms with Crippen molar-refractivity contribution in [2.75, 3.05) is 0 Å². The van der Waals surface area contributed by atoms with Gasteiger partial charge in [-0.1, -0.05) is 38.8 Å². The Balaban J connectivity index is 2.17. The monoisotopic (exact) mass is 296 g/mol. The fourth-order valence-electron chi connectivity index (χ4n) is 2.77. The molecule has 0 aliphatic heterocycles. The van der Waals surface area contributed by atoms with Crippen LogP contribution in [0.3, 0.4) is 0 Å². The Morgan fingerprint density at radius 2 is 1.90 bits per heavy atom. The number of benzene rings is 1. The van der Waals surface area contributed by atoms with E-state index in [0.29, 0.717) is 11.4 Å². The average molecular weight is 296 g/mol. The predicted octanol–water partition coefficient (Wildman–Crippen LogP) is 2.39. The van der Waals surface area contributed by atoms with Crippen molar-refractivity contribution in [2.24, 2.45) is 11.1 Å². The highest BCUT2D eigenvalue weighted by atomic mass is 32.2. The fourth-order valence-corrected chi connectivity index (χ4v) is 4.21. The number of nitrogens with two attached hydrogens (primary N) is 1. The van der Waals surface area contributed by atoms with Crippen molar-refractivity contribution in [1.29, 1.82) is 0 Å². The van der Waals surface area contributed by atoms with Gasteiger partial charge < -0.3 is 5.73 Å². The highest BCUT2D eigenvalue weighted by Gasteiger charge is 2.35. The van der Waals surface area contributed by atoms with Gasteiger partial charge in [0.15, 0.2) is 0 Å². The van der Waals surface area contributed by atoms with E-state index < -0.39 is 10.0 Å². The normalized spacial score (nSPS) is 22.6. The summed E-state index contributed by atoms with van der Waals surface area (Å²) in [6.07, 6.45) is 4.23. The van der Waals surface area contributed by atoms with Crippen LogP contribution in [-0.4, -0.2) is 14.5 Å². The second-order valence-electron chi connectivity index (χ2n) is 6.26. The average Bonchev–Trinajstić information content (AvgIpc) is 2.41. The summed E-state index contributed by atoms with van der Waals surface area (Å²) in [5, 5.41) is 0. The van der Waals surface area contributed by atoms with E-state index in [2.05, 4.69) is 18.6 Å². The van der Waals surface area contributed by atoms with Crippen molar-refractivity contribution < 1.29 is 8.42 Å². The molecule has 20 heavy (non-hydrogen) atoms. The van der Waals surface area contributed by atoms with Crippen LogP contribution in [0.5, 0.6) is 0 Å². The van der Waals surface area contributed by atoms with Crippen LogP contribution in [0.1, 0.15) is 45.1 Å². The standard InChI is InChI=1S/C15H24N2O2S/c1-15(2)10-4-3-5-14(15)17-20(18,19)13-8-6-12(11-16)7-9-13/h6-9,14,17H,3-5,10-11,16H2,1-2H3. The second-order valence-corrected chi connectivity index (χ2v) is 7.97. The number of hydrogen-bond donors (Lipinski definition) is 2. The molecule has 4 nitrogen and oxygen atoms in total. The smallest absolute Gasteiger partial charge is 0.240 e. The Morgan fingerprint density at radius 1 is 1.25 bits per heavy atom. The van der Waals surface area contributed by atoms with Gasteiger partial charge in [-0.3, -0.25) is 0 Å². The molecule has 5 heteroatoms. The fraction of sp³-hybridized carbons (Fsp3) is 0.600. The zero-order valence-electron chi connectivity index (χ0n) is 12.2. The summed E-state index contributed by atoms with van der Waals surface area (Å²) in [5.41, 5.74) is 6.48. The van der Waals surface area contributed by atoms with E-state index in [0.717, 1.165) is 24.8 Å². The summed E-state index contributed by atoms with van der Waals surface area (Å²) >= 11 is 0. The van der Waals surface area contributed by atoms with Crippen LogP contribution in [0, 0.1) is 5.41 Å². The van der Waals surface area contributed by atoms with Crippen LogP contribution in [0.2, 0.25) is 0 Å². The second kappa shape index (κ2) is 5.84. The van der Waals surface area contributed by atoms with Crippen LogP contribution in [0.4, 0.5) is 0 Å². The molecule has 112 valence electrons. The molecule has 3 N–H and O–H groups in total. The van der Waals surface area contributed by atoms with Gasteiger partial charge in [-0.2, -0.15) is 0 Å². The summed E-state index contributed by atoms with van der Waals surface area (Å²) in [4.78, 5) is 0.316. The van der Waals surface area contributed by atoms with Crippen LogP contribution >= 0.6 is 0 Å². The molecule has 1 aromatic carbocycles. The van der Waals surface area contributed by atoms with E-state index in [1.54, 1.807) is 24.3 Å². The summed E-state index contributed by atoms with van der Waals surface area (Å²) in [7, 11) is -3.45. The molecule has 2 rings (SSSR count). The highest BCUT2D eigenvalue weighted by molar-refractivity contribution is 7.89. The zero-order chi connectivity index (χ0) is 14.8. The van der Waals surface area contributed by atoms with Crippen LogP contribution in [-0.2, 0) is 16.6 Å². The minimum absolute atomic E-state index is 0.00966. The Kier molecular flexibility index (Phi) is 4.52. The van der Waals surface area contributed by atoms with E-state index >= 15 is 0 Å². The molecule has 1 atom stereocenters. The highest BCUT2D eigenvalue weighted by Crippen LogP contribution is 2.36. The molecular weight excluding hydrogens is 272 g/mol. The number of hydrogen-bond acceptors (Lipinski definition) is 3. The predicted molar refractivity (Wildman–Crippen MR) is 80.7 cm³/mol. The number of nitrogens with one attached hydrogen (secondary N) is 1. The lowest BCUT2D eigenvalue weighted by Gasteiger charge is -2.38. The maximum atomic E-state index is 12.4. The lowest BCUT2D eigenvalue weighted by Crippen LogP contribution is -2.46. The van der Waals surface area contributed by atoms with E-state index in [-0.39, 0.29) is 11.5 Å². The maximum Gasteiger partial charge on any atom is 0.240 e. The summed E-state index contributed by atoms with van der Waals surface area (Å²) in [6, 6.07) is 6.79. The molecule has 1 aliphatic rings. The van der Waals surface area contributed by atoms with Crippen molar-refractivity contribution in [3.05, 3.63) is 29.8 Å². The summed E-state index contributed by atoms with van der Waals surface area (Å²) in [6.45, 7) is 4.69. The largest absolute Gasteiger partial charge is 0.326 e. The van der Waals surface area contributed by atoms with Crippen molar-refractivity contribution in [2.45, 2.75) is 57.0 Å². The number of sulfonamides is 1. The molecule has 0 radical (unpaired) electrons. The molecule has 0 heterocycles. The van der Waals surface area contributed by atoms with Crippen molar-refractivity contribution >= 4 is 10.0 Å². The molecule has 1 aliphatic carbocycles. The topological polar surface area (TPSA) is 72.2 Å². The van der Waals surface area contributed by atoms with E-state index in [9.17, 15) is 8.42 Å². The first-order valence-corrected chi connectivity index (χ1v) is 8.65. The van der Waals surface area contributed by atoms with Gasteiger partial charge in [-0.05, 0) is 36.0 Å². The molecule has 0 aromatic heterocycles. The Hall–Kier alpha value is -0.910. The van der Waals surface area contributed by atoms with Crippen molar-refractivity contribution in [3.63, 3.8) is 0 Å². The third kappa shape index (κ3) is 3.40. The lowest BCUT2D eigenvalue weighted by atomic mass is 9.74. The van der Waals surface area contributed by atoms with E-state index in [1.807, 2.05) is 0 Å². The summed E-state index contributed by atoms with van der Waals surface area (Å²) < 4.78 is 27.8. The minimum Gasteiger partial charge on any atom is -0.326 e. The van der Waals surface area contributed by atoms with Gasteiger partial charge in [0.1, 0.15) is 0 Å². The van der Waals surface area contributed by atoms with Crippen molar-refractivity contribution in [3.8, 4) is 0 Å². The van der Waals surface area contributed by atoms with Gasteiger partial charge in [0, 0.05) is 12.6 Å². The molecule has 0 saturated heterocycles. The molecule has 0 spiro atoms. The molecule has 1 fully saturated rings. The quantitative estimate of drug-likeness (QED) is 0.896. The third-order valence-electron chi connectivity index (χ3n) is 4.27. The van der Waals surface area contributed by atoms with Gasteiger partial charge in [0.05, 0.1) is 4.90 Å². The Labute approximate surface area is 121 Å². The molecule has 1 aromatic rings. The Bertz CT molecular complexity index is 550. The maximum absolute atomic E-state index is 12.4. The first-order chi connectivity index (χ1) is 9.35. The SMILES string of the molecule is CC1(C)CCCCC1NS(=O)(=O)c1ccc(CN)cc1. The van der Waals surface area contributed by atoms with Gasteiger partial charge in [0.2, 0.25) is 10.0 Å². The minimum atomic E-state index is -3.45. The lowest BCUT2D eigenvalue weighted by molar-refractivity contribution is 0.188. The molecule has 0 amide bonds. The van der Waals surface area contributed by atoms with Crippen LogP contribution in [0.25, 0.3) is 0 Å². The summed E-state index contributed by atoms with van der Waals surface area (Å²) in [5.74, 6) is 0. The molecule has 0 bridgehead atoms. The van der Waals surface area contributed by atoms with E-state index in [4.69, 9.17) is 5.73 Å². The molecular formula is C15H24N2O2S. The van der Waals surface area contributed by atoms with Gasteiger partial charge >= 0.3 is 0 Å². The first-order valence-electron chi connectivity index (χ1n) is 7.16. The van der Waals surface area contributed by atoms with Crippen LogP contribution < -0.4 is 10.5 Å². The number of rotatable bonds is 4. The third-order valence-corrected chi connectivity index (χ3v) is 5.76. The first kappa shape index (κ1) is 15.5. The van der Waals surface area contributed by atoms with Gasteiger partial charge in [-0.25, -0.2) is 13.1 Å². The zero-order valence-corrected chi connectivity index (χ0v) is 13.0. The van der Waals surface area contributed by atoms with Gasteiger partial charge in [-0.15, -0.1) is 0 Å². The van der Waals surface area contributed by atoms with E-state index in [1.165, 1.54) is 6.42 Å². The van der Waals surface area contributed by atoms with Crippen LogP contribution in [0.15, 0.2) is 29.2 Å². The van der Waals surface area contributed by atoms with Gasteiger partial charge in [0.25, 0.3) is 0 Å². The van der Waals surface area contributed by atoms with Crippen molar-refractivity contribution in [1.82, 2.24) is 4.72 Å². The molecule has 1 unspecified atom stereocenters. The Morgan fingerprint density at radius 3 is 2.45 bits per heavy atom.